The molecule has 0 N–H and O–H groups in total. The largest absolute Gasteiger partial charge is 0.309 e. The van der Waals surface area contributed by atoms with Gasteiger partial charge in [-0.25, -0.2) is 4.98 Å². The Bertz CT molecular complexity index is 427. The quantitative estimate of drug-likeness (QED) is 0.832. The minimum atomic E-state index is 0.859. The molecule has 0 aliphatic carbocycles. The SMILES string of the molecule is CCN(S)c1cnc(-c2cccnc2)s1. The van der Waals surface area contributed by atoms with Crippen molar-refractivity contribution in [3.63, 3.8) is 0 Å². The van der Waals surface area contributed by atoms with Crippen LogP contribution in [0.25, 0.3) is 10.6 Å². The molecule has 0 saturated carbocycles. The molecule has 2 rings (SSSR count). The van der Waals surface area contributed by atoms with Gasteiger partial charge in [0.15, 0.2) is 0 Å². The lowest BCUT2D eigenvalue weighted by Crippen LogP contribution is -2.06. The van der Waals surface area contributed by atoms with Crippen molar-refractivity contribution in [2.45, 2.75) is 6.92 Å². The van der Waals surface area contributed by atoms with E-state index in [1.165, 1.54) is 0 Å². The zero-order valence-electron chi connectivity index (χ0n) is 8.29. The monoisotopic (exact) mass is 237 g/mol. The summed E-state index contributed by atoms with van der Waals surface area (Å²) >= 11 is 5.95. The van der Waals surface area contributed by atoms with E-state index in [1.807, 2.05) is 28.8 Å². The number of anilines is 1. The molecule has 15 heavy (non-hydrogen) atoms. The van der Waals surface area contributed by atoms with Gasteiger partial charge in [-0.2, -0.15) is 0 Å². The second kappa shape index (κ2) is 4.63. The number of aromatic nitrogens is 2. The molecule has 0 spiro atoms. The first-order valence-corrected chi connectivity index (χ1v) is 5.85. The maximum absolute atomic E-state index is 4.34. The lowest BCUT2D eigenvalue weighted by atomic mass is 10.3. The van der Waals surface area contributed by atoms with Gasteiger partial charge in [0.2, 0.25) is 0 Å². The lowest BCUT2D eigenvalue weighted by Gasteiger charge is -2.09. The number of nitrogens with zero attached hydrogens (tertiary/aromatic N) is 3. The molecule has 2 aromatic heterocycles. The molecule has 2 aromatic rings. The molecular formula is C10H11N3S2. The molecule has 2 heterocycles. The summed E-state index contributed by atoms with van der Waals surface area (Å²) in [6.45, 7) is 2.91. The van der Waals surface area contributed by atoms with Crippen LogP contribution in [0.5, 0.6) is 0 Å². The van der Waals surface area contributed by atoms with Crippen molar-refractivity contribution in [1.82, 2.24) is 9.97 Å². The zero-order valence-corrected chi connectivity index (χ0v) is 10.0. The molecule has 0 atom stereocenters. The van der Waals surface area contributed by atoms with E-state index in [0.717, 1.165) is 22.1 Å². The molecule has 0 bridgehead atoms. The Hall–Kier alpha value is -1.07. The lowest BCUT2D eigenvalue weighted by molar-refractivity contribution is 1.13. The summed E-state index contributed by atoms with van der Waals surface area (Å²) in [6, 6.07) is 3.92. The van der Waals surface area contributed by atoms with E-state index in [0.29, 0.717) is 0 Å². The molecule has 0 aromatic carbocycles. The van der Waals surface area contributed by atoms with Gasteiger partial charge in [0, 0.05) is 24.5 Å². The number of thiazole rings is 1. The Morgan fingerprint density at radius 2 is 2.33 bits per heavy atom. The third-order valence-electron chi connectivity index (χ3n) is 1.96. The van der Waals surface area contributed by atoms with E-state index in [4.69, 9.17) is 0 Å². The van der Waals surface area contributed by atoms with Crippen LogP contribution in [-0.4, -0.2) is 16.5 Å². The highest BCUT2D eigenvalue weighted by molar-refractivity contribution is 7.82. The molecule has 0 unspecified atom stereocenters. The fraction of sp³-hybridized carbons (Fsp3) is 0.200. The maximum atomic E-state index is 4.34. The van der Waals surface area contributed by atoms with Crippen LogP contribution in [0, 0.1) is 0 Å². The first-order valence-electron chi connectivity index (χ1n) is 4.64. The van der Waals surface area contributed by atoms with Crippen LogP contribution in [0.4, 0.5) is 5.00 Å². The van der Waals surface area contributed by atoms with Gasteiger partial charge < -0.3 is 4.31 Å². The summed E-state index contributed by atoms with van der Waals surface area (Å²) in [5.41, 5.74) is 1.05. The average molecular weight is 237 g/mol. The Morgan fingerprint density at radius 3 is 3.00 bits per heavy atom. The number of thiol groups is 1. The number of hydrogen-bond donors (Lipinski definition) is 1. The van der Waals surface area contributed by atoms with Crippen molar-refractivity contribution in [2.75, 3.05) is 10.8 Å². The first kappa shape index (κ1) is 10.4. The molecular weight excluding hydrogens is 226 g/mol. The van der Waals surface area contributed by atoms with Crippen molar-refractivity contribution >= 4 is 29.2 Å². The van der Waals surface area contributed by atoms with E-state index in [1.54, 1.807) is 17.5 Å². The molecule has 5 heteroatoms. The van der Waals surface area contributed by atoms with Gasteiger partial charge in [-0.3, -0.25) is 4.98 Å². The van der Waals surface area contributed by atoms with Crippen molar-refractivity contribution in [3.8, 4) is 10.6 Å². The van der Waals surface area contributed by atoms with Crippen LogP contribution in [0.3, 0.4) is 0 Å². The van der Waals surface area contributed by atoms with Gasteiger partial charge >= 0.3 is 0 Å². The number of rotatable bonds is 3. The van der Waals surface area contributed by atoms with Crippen LogP contribution in [0.1, 0.15) is 6.92 Å². The number of pyridine rings is 1. The summed E-state index contributed by atoms with van der Waals surface area (Å²) < 4.78 is 1.87. The fourth-order valence-electron chi connectivity index (χ4n) is 1.16. The highest BCUT2D eigenvalue weighted by Gasteiger charge is 2.07. The van der Waals surface area contributed by atoms with Crippen molar-refractivity contribution in [2.24, 2.45) is 0 Å². The summed E-state index contributed by atoms with van der Waals surface area (Å²) in [7, 11) is 0. The third-order valence-corrected chi connectivity index (χ3v) is 3.66. The molecule has 0 aliphatic heterocycles. The van der Waals surface area contributed by atoms with Gasteiger partial charge in [0.1, 0.15) is 10.0 Å². The Balaban J connectivity index is 2.28. The smallest absolute Gasteiger partial charge is 0.126 e. The molecule has 0 aliphatic rings. The topological polar surface area (TPSA) is 29.0 Å². The van der Waals surface area contributed by atoms with Gasteiger partial charge in [0.25, 0.3) is 0 Å². The third kappa shape index (κ3) is 2.30. The Kier molecular flexibility index (Phi) is 3.23. The zero-order chi connectivity index (χ0) is 10.7. The highest BCUT2D eigenvalue weighted by Crippen LogP contribution is 2.30. The van der Waals surface area contributed by atoms with E-state index in [9.17, 15) is 0 Å². The Labute approximate surface area is 98.3 Å². The minimum Gasteiger partial charge on any atom is -0.309 e. The summed E-state index contributed by atoms with van der Waals surface area (Å²) in [6.07, 6.45) is 5.41. The van der Waals surface area contributed by atoms with Gasteiger partial charge in [-0.15, -0.1) is 0 Å². The van der Waals surface area contributed by atoms with E-state index in [-0.39, 0.29) is 0 Å². The molecule has 3 nitrogen and oxygen atoms in total. The van der Waals surface area contributed by atoms with Crippen LogP contribution < -0.4 is 4.31 Å². The number of hydrogen-bond acceptors (Lipinski definition) is 5. The molecule has 0 amide bonds. The van der Waals surface area contributed by atoms with Crippen LogP contribution >= 0.6 is 24.2 Å². The second-order valence-electron chi connectivity index (χ2n) is 2.96. The highest BCUT2D eigenvalue weighted by atomic mass is 32.1. The van der Waals surface area contributed by atoms with Gasteiger partial charge in [-0.1, -0.05) is 24.2 Å². The fourth-order valence-corrected chi connectivity index (χ4v) is 2.22. The van der Waals surface area contributed by atoms with Gasteiger partial charge in [0.05, 0.1) is 6.20 Å². The second-order valence-corrected chi connectivity index (χ2v) is 4.45. The average Bonchev–Trinajstić information content (AvgIpc) is 2.78. The standard InChI is InChI=1S/C10H11N3S2/c1-2-13(14)9-7-12-10(15-9)8-4-3-5-11-6-8/h3-7,14H,2H2,1H3. The Morgan fingerprint density at radius 1 is 1.47 bits per heavy atom. The van der Waals surface area contributed by atoms with Crippen molar-refractivity contribution in [1.29, 1.82) is 0 Å². The summed E-state index contributed by atoms with van der Waals surface area (Å²) in [4.78, 5) is 8.41. The van der Waals surface area contributed by atoms with E-state index >= 15 is 0 Å². The molecule has 78 valence electrons. The van der Waals surface area contributed by atoms with Crippen LogP contribution in [0.2, 0.25) is 0 Å². The van der Waals surface area contributed by atoms with Crippen LogP contribution in [0.15, 0.2) is 30.7 Å². The summed E-state index contributed by atoms with van der Waals surface area (Å²) in [5, 5.41) is 2.03. The maximum Gasteiger partial charge on any atom is 0.126 e. The predicted molar refractivity (Wildman–Crippen MR) is 67.4 cm³/mol. The van der Waals surface area contributed by atoms with Gasteiger partial charge in [-0.05, 0) is 19.1 Å². The summed E-state index contributed by atoms with van der Waals surface area (Å²) in [5.74, 6) is 0. The van der Waals surface area contributed by atoms with Crippen LogP contribution in [-0.2, 0) is 0 Å². The van der Waals surface area contributed by atoms with Crippen molar-refractivity contribution < 1.29 is 0 Å². The molecule has 0 radical (unpaired) electrons. The normalized spacial score (nSPS) is 10.3. The minimum absolute atomic E-state index is 0.859. The molecule has 0 saturated heterocycles. The van der Waals surface area contributed by atoms with E-state index in [2.05, 4.69) is 29.7 Å². The van der Waals surface area contributed by atoms with Crippen molar-refractivity contribution in [3.05, 3.63) is 30.7 Å². The van der Waals surface area contributed by atoms with E-state index < -0.39 is 0 Å². The predicted octanol–water partition coefficient (Wildman–Crippen LogP) is 2.88. The molecule has 0 fully saturated rings. The first-order chi connectivity index (χ1) is 7.31.